The minimum atomic E-state index is -5.25. The molecule has 0 fully saturated rings. The van der Waals surface area contributed by atoms with Gasteiger partial charge in [-0.05, 0) is 60.4 Å². The van der Waals surface area contributed by atoms with Gasteiger partial charge in [-0.2, -0.15) is 47.9 Å². The van der Waals surface area contributed by atoms with Gasteiger partial charge < -0.3 is 10.8 Å². The second kappa shape index (κ2) is 11.1. The molecule has 1 aliphatic rings. The lowest BCUT2D eigenvalue weighted by Gasteiger charge is -2.46. The third-order valence-electron chi connectivity index (χ3n) is 7.23. The monoisotopic (exact) mass is 672 g/mol. The lowest BCUT2D eigenvalue weighted by molar-refractivity contribution is -0.143. The van der Waals surface area contributed by atoms with Gasteiger partial charge >= 0.3 is 24.6 Å². The predicted molar refractivity (Wildman–Crippen MR) is 137 cm³/mol. The second-order valence-electron chi connectivity index (χ2n) is 10.2. The normalized spacial score (nSPS) is 19.4. The summed E-state index contributed by atoms with van der Waals surface area (Å²) in [7, 11) is -5.24. The molecule has 3 aromatic rings. The van der Waals surface area contributed by atoms with Crippen molar-refractivity contribution in [2.24, 2.45) is 5.73 Å². The molecule has 0 saturated carbocycles. The van der Waals surface area contributed by atoms with Crippen molar-refractivity contribution >= 4 is 21.9 Å². The number of rotatable bonds is 5. The third-order valence-corrected chi connectivity index (χ3v) is 8.13. The highest BCUT2D eigenvalue weighted by atomic mass is 32.2. The molecule has 0 unspecified atom stereocenters. The SMILES string of the molecule is CC[C@]1(N)C[C@H](c2ncc(S(=O)(=O)O)c(Cc3cc(C(F)(F)F)cc(C(F)(F)F)c3)n2)c2cc(C(F)(F)F)ccc2N1C(=O)O. The molecule has 0 saturated heterocycles. The molecule has 2 heterocycles. The predicted octanol–water partition coefficient (Wildman–Crippen LogP) is 6.46. The molecule has 2 aromatic carbocycles. The number of hydrogen-bond acceptors (Lipinski definition) is 6. The summed E-state index contributed by atoms with van der Waals surface area (Å²) in [5.74, 6) is -1.88. The molecule has 0 bridgehead atoms. The zero-order valence-corrected chi connectivity index (χ0v) is 23.4. The zero-order valence-electron chi connectivity index (χ0n) is 22.6. The molecule has 9 nitrogen and oxygen atoms in total. The summed E-state index contributed by atoms with van der Waals surface area (Å²) in [6.07, 6.45) is -18.1. The van der Waals surface area contributed by atoms with Gasteiger partial charge in [0.05, 0.1) is 34.3 Å². The highest BCUT2D eigenvalue weighted by Crippen LogP contribution is 2.47. The van der Waals surface area contributed by atoms with Crippen LogP contribution in [-0.2, 0) is 35.1 Å². The molecule has 2 atom stereocenters. The number of alkyl halides is 9. The minimum absolute atomic E-state index is 0.101. The van der Waals surface area contributed by atoms with Gasteiger partial charge in [-0.1, -0.05) is 6.92 Å². The van der Waals surface area contributed by atoms with Gasteiger partial charge in [-0.15, -0.1) is 0 Å². The molecular weight excluding hydrogens is 651 g/mol. The van der Waals surface area contributed by atoms with Crippen LogP contribution >= 0.6 is 0 Å². The highest BCUT2D eigenvalue weighted by Gasteiger charge is 2.47. The van der Waals surface area contributed by atoms with Gasteiger partial charge in [-0.25, -0.2) is 14.8 Å². The molecule has 1 aromatic heterocycles. The number of benzene rings is 2. The van der Waals surface area contributed by atoms with E-state index in [4.69, 9.17) is 5.73 Å². The van der Waals surface area contributed by atoms with Crippen molar-refractivity contribution in [1.29, 1.82) is 0 Å². The molecule has 4 rings (SSSR count). The second-order valence-corrected chi connectivity index (χ2v) is 11.6. The van der Waals surface area contributed by atoms with Gasteiger partial charge in [0.1, 0.15) is 16.4 Å². The Balaban J connectivity index is 1.96. The summed E-state index contributed by atoms with van der Waals surface area (Å²) in [5.41, 5.74) is -2.20. The smallest absolute Gasteiger partial charge is 0.416 e. The summed E-state index contributed by atoms with van der Waals surface area (Å²) in [6.45, 7) is 1.47. The Hall–Kier alpha value is -3.97. The van der Waals surface area contributed by atoms with Crippen molar-refractivity contribution in [2.45, 2.75) is 61.2 Å². The van der Waals surface area contributed by atoms with Crippen LogP contribution in [0.2, 0.25) is 0 Å². The van der Waals surface area contributed by atoms with E-state index in [0.717, 1.165) is 6.07 Å². The van der Waals surface area contributed by atoms with E-state index in [1.54, 1.807) is 0 Å². The van der Waals surface area contributed by atoms with E-state index in [0.29, 0.717) is 35.4 Å². The maximum absolute atomic E-state index is 13.6. The minimum Gasteiger partial charge on any atom is -0.465 e. The number of aromatic nitrogens is 2. The van der Waals surface area contributed by atoms with Crippen molar-refractivity contribution in [3.8, 4) is 0 Å². The van der Waals surface area contributed by atoms with Crippen molar-refractivity contribution in [3.05, 3.63) is 81.9 Å². The van der Waals surface area contributed by atoms with E-state index in [2.05, 4.69) is 9.97 Å². The Morgan fingerprint density at radius 2 is 1.53 bits per heavy atom. The van der Waals surface area contributed by atoms with Crippen LogP contribution in [0.3, 0.4) is 0 Å². The van der Waals surface area contributed by atoms with Crippen molar-refractivity contribution in [2.75, 3.05) is 4.90 Å². The van der Waals surface area contributed by atoms with E-state index in [1.165, 1.54) is 6.92 Å². The molecular formula is C26H21F9N4O5S. The lowest BCUT2D eigenvalue weighted by Crippen LogP contribution is -2.61. The van der Waals surface area contributed by atoms with Gasteiger partial charge in [0.15, 0.2) is 0 Å². The first-order valence-electron chi connectivity index (χ1n) is 12.6. The molecule has 0 aliphatic carbocycles. The van der Waals surface area contributed by atoms with E-state index in [9.17, 15) is 62.4 Å². The van der Waals surface area contributed by atoms with Crippen LogP contribution in [0.4, 0.5) is 50.0 Å². The van der Waals surface area contributed by atoms with Crippen LogP contribution in [0.1, 0.15) is 65.0 Å². The fourth-order valence-corrected chi connectivity index (χ4v) is 5.68. The molecule has 0 radical (unpaired) electrons. The molecule has 19 heteroatoms. The number of hydrogen-bond donors (Lipinski definition) is 3. The highest BCUT2D eigenvalue weighted by molar-refractivity contribution is 7.85. The first kappa shape index (κ1) is 33.9. The Bertz CT molecular complexity index is 1730. The third kappa shape index (κ3) is 6.84. The molecule has 45 heavy (non-hydrogen) atoms. The van der Waals surface area contributed by atoms with Gasteiger partial charge in [0, 0.05) is 12.3 Å². The van der Waals surface area contributed by atoms with Crippen molar-refractivity contribution < 1.29 is 62.4 Å². The van der Waals surface area contributed by atoms with Crippen LogP contribution in [-0.4, -0.2) is 39.8 Å². The van der Waals surface area contributed by atoms with Crippen molar-refractivity contribution in [3.63, 3.8) is 0 Å². The van der Waals surface area contributed by atoms with Crippen LogP contribution in [0.15, 0.2) is 47.5 Å². The number of halogens is 9. The fraction of sp³-hybridized carbons (Fsp3) is 0.346. The Morgan fingerprint density at radius 3 is 2.00 bits per heavy atom. The molecule has 244 valence electrons. The number of carboxylic acid groups (broad SMARTS) is 1. The number of nitrogens with two attached hydrogens (primary N) is 1. The maximum atomic E-state index is 13.6. The molecule has 4 N–H and O–H groups in total. The standard InChI is InChI=1S/C26H21F9N4O5S/c1-2-23(36)10-17(16-9-13(24(27,28)29)3-4-19(16)39(23)22(40)41)21-37-11-20(45(42,43)44)18(38-21)7-12-5-14(25(30,31)32)8-15(6-12)26(33,34)35/h3-6,8-9,11,17H,2,7,10,36H2,1H3,(H,40,41)(H,42,43,44)/t17-,23+/m0/s1. The number of carbonyl (C=O) groups is 1. The average Bonchev–Trinajstić information content (AvgIpc) is 2.89. The summed E-state index contributed by atoms with van der Waals surface area (Å²) >= 11 is 0. The fourth-order valence-electron chi connectivity index (χ4n) is 5.08. The number of nitrogens with zero attached hydrogens (tertiary/aromatic N) is 3. The van der Waals surface area contributed by atoms with Gasteiger partial charge in [-0.3, -0.25) is 9.45 Å². The molecule has 1 aliphatic heterocycles. The summed E-state index contributed by atoms with van der Waals surface area (Å²) in [6, 6.07) is 2.52. The molecule has 1 amide bonds. The largest absolute Gasteiger partial charge is 0.465 e. The van der Waals surface area contributed by atoms with E-state index in [-0.39, 0.29) is 23.7 Å². The summed E-state index contributed by atoms with van der Waals surface area (Å²) in [5, 5.41) is 9.87. The summed E-state index contributed by atoms with van der Waals surface area (Å²) < 4.78 is 155. The topological polar surface area (TPSA) is 147 Å². The maximum Gasteiger partial charge on any atom is 0.416 e. The zero-order chi connectivity index (χ0) is 33.9. The van der Waals surface area contributed by atoms with Crippen LogP contribution in [0.25, 0.3) is 0 Å². The molecule has 0 spiro atoms. The lowest BCUT2D eigenvalue weighted by atomic mass is 9.80. The van der Waals surface area contributed by atoms with Crippen LogP contribution < -0.4 is 10.6 Å². The average molecular weight is 673 g/mol. The van der Waals surface area contributed by atoms with E-state index in [1.807, 2.05) is 0 Å². The van der Waals surface area contributed by atoms with E-state index < -0.39 is 97.8 Å². The number of amides is 1. The number of anilines is 1. The first-order valence-corrected chi connectivity index (χ1v) is 14.0. The Morgan fingerprint density at radius 1 is 0.978 bits per heavy atom. The van der Waals surface area contributed by atoms with E-state index >= 15 is 0 Å². The van der Waals surface area contributed by atoms with Gasteiger partial charge in [0.2, 0.25) is 0 Å². The van der Waals surface area contributed by atoms with Crippen LogP contribution in [0, 0.1) is 0 Å². The van der Waals surface area contributed by atoms with Crippen LogP contribution in [0.5, 0.6) is 0 Å². The van der Waals surface area contributed by atoms with Crippen molar-refractivity contribution in [1.82, 2.24) is 9.97 Å². The Kier molecular flexibility index (Phi) is 8.39. The Labute approximate surface area is 248 Å². The van der Waals surface area contributed by atoms with Gasteiger partial charge in [0.25, 0.3) is 10.1 Å². The first-order chi connectivity index (χ1) is 20.5. The number of fused-ring (bicyclic) bond motifs is 1. The summed E-state index contributed by atoms with van der Waals surface area (Å²) in [4.78, 5) is 19.5. The quantitative estimate of drug-likeness (QED) is 0.207.